The number of hydrogen-bond acceptors (Lipinski definition) is 0. The molecule has 1 aromatic rings. The summed E-state index contributed by atoms with van der Waals surface area (Å²) < 4.78 is 4.80. The monoisotopic (exact) mass is 230 g/mol. The van der Waals surface area contributed by atoms with E-state index < -0.39 is 18.9 Å². The molecule has 3 rings (SSSR count). The van der Waals surface area contributed by atoms with Gasteiger partial charge in [0.15, 0.2) is 0 Å². The van der Waals surface area contributed by atoms with Crippen LogP contribution in [0.4, 0.5) is 0 Å². The summed E-state index contributed by atoms with van der Waals surface area (Å²) in [4.78, 5) is 4.80. The Hall–Kier alpha value is -0.121. The molecule has 2 nitrogen and oxygen atoms in total. The molecular weight excluding hydrogens is 219 g/mol. The molecule has 46 valence electrons. The normalized spacial score (nSPS) is 18.9. The number of fused-ring (bicyclic) bond motifs is 2. The molecule has 0 fully saturated rings. The topological polar surface area (TPSA) is 7.76 Å². The Morgan fingerprint density at radius 2 is 1.67 bits per heavy atom. The Morgan fingerprint density at radius 3 is 1.89 bits per heavy atom. The average molecular weight is 229 g/mol. The van der Waals surface area contributed by atoms with Crippen molar-refractivity contribution in [2.45, 2.75) is 9.88 Å². The first-order valence-corrected chi connectivity index (χ1v) is 11.4. The van der Waals surface area contributed by atoms with E-state index in [9.17, 15) is 0 Å². The van der Waals surface area contributed by atoms with Crippen molar-refractivity contribution in [2.75, 3.05) is 0 Å². The molecule has 0 aliphatic carbocycles. The minimum atomic E-state index is -1.81. The second-order valence-corrected chi connectivity index (χ2v) is 14.4. The molecule has 0 radical (unpaired) electrons. The van der Waals surface area contributed by atoms with Gasteiger partial charge in [0.25, 0.3) is 0 Å². The van der Waals surface area contributed by atoms with Crippen LogP contribution in [0, 0.1) is 0 Å². The van der Waals surface area contributed by atoms with E-state index in [1.165, 1.54) is 0 Å². The predicted molar refractivity (Wildman–Crippen MR) is 35.1 cm³/mol. The van der Waals surface area contributed by atoms with Crippen LogP contribution in [0.5, 0.6) is 0 Å². The second kappa shape index (κ2) is 1.48. The van der Waals surface area contributed by atoms with Gasteiger partial charge in [0.2, 0.25) is 0 Å². The third kappa shape index (κ3) is 0.569. The fourth-order valence-corrected chi connectivity index (χ4v) is 6.33. The summed E-state index contributed by atoms with van der Waals surface area (Å²) in [5, 5.41) is 0. The number of rotatable bonds is 0. The summed E-state index contributed by atoms with van der Waals surface area (Å²) >= 11 is -1.81. The van der Waals surface area contributed by atoms with E-state index in [-0.39, 0.29) is 0 Å². The number of hydrogen-bond donors (Lipinski definition) is 0. The molecule has 0 aromatic carbocycles. The summed E-state index contributed by atoms with van der Waals surface area (Å²) in [5.74, 6) is 0. The van der Waals surface area contributed by atoms with Crippen molar-refractivity contribution in [3.05, 3.63) is 24.8 Å². The van der Waals surface area contributed by atoms with E-state index in [1.54, 1.807) is 0 Å². The van der Waals surface area contributed by atoms with Crippen molar-refractivity contribution in [3.8, 4) is 0 Å². The Balaban J connectivity index is 2.65. The van der Waals surface area contributed by atoms with Crippen LogP contribution >= 0.6 is 0 Å². The van der Waals surface area contributed by atoms with Gasteiger partial charge in [-0.1, -0.05) is 0 Å². The first-order chi connectivity index (χ1) is 4.21. The molecule has 9 heavy (non-hydrogen) atoms. The van der Waals surface area contributed by atoms with Crippen LogP contribution in [0.2, 0.25) is 9.88 Å². The molecule has 3 heterocycles. The molecule has 0 spiro atoms. The van der Waals surface area contributed by atoms with Crippen molar-refractivity contribution >= 4 is 18.9 Å². The molecule has 0 N–H and O–H groups in total. The maximum absolute atomic E-state index is 2.40. The summed E-state index contributed by atoms with van der Waals surface area (Å²) in [7, 11) is 0. The van der Waals surface area contributed by atoms with Crippen LogP contribution in [0.1, 0.15) is 0 Å². The fraction of sp³-hybridized carbons (Fsp3) is 0.333. The van der Waals surface area contributed by atoms with Crippen molar-refractivity contribution in [3.63, 3.8) is 0 Å². The standard InChI is InChI=1S/C4H4N2.2CH3.Sn/c1-2-5-4-6-3-1;;;/h1-4H;2*1H3;/q;;;+2. The fourth-order valence-electron chi connectivity index (χ4n) is 1.16. The predicted octanol–water partition coefficient (Wildman–Crippen LogP) is -0.327. The Kier molecular flexibility index (Phi) is 0.928. The Morgan fingerprint density at radius 1 is 1.11 bits per heavy atom. The zero-order valence-corrected chi connectivity index (χ0v) is 8.56. The minimum absolute atomic E-state index is 1.81. The summed E-state index contributed by atoms with van der Waals surface area (Å²) in [6.07, 6.45) is 6.53. The van der Waals surface area contributed by atoms with Crippen LogP contribution in [-0.4, -0.2) is 18.9 Å². The van der Waals surface area contributed by atoms with Crippen molar-refractivity contribution < 1.29 is 5.58 Å². The third-order valence-corrected chi connectivity index (χ3v) is 10.7. The van der Waals surface area contributed by atoms with Gasteiger partial charge in [0.1, 0.15) is 0 Å². The van der Waals surface area contributed by atoms with E-state index in [0.29, 0.717) is 0 Å². The third-order valence-electron chi connectivity index (χ3n) is 2.01. The number of nitrogens with zero attached hydrogens (tertiary/aromatic N) is 2. The van der Waals surface area contributed by atoms with Gasteiger partial charge in [-0.15, -0.1) is 0 Å². The first-order valence-electron chi connectivity index (χ1n) is 3.15. The summed E-state index contributed by atoms with van der Waals surface area (Å²) in [6, 6.07) is 2.10. The van der Waals surface area contributed by atoms with Gasteiger partial charge < -0.3 is 0 Å². The van der Waals surface area contributed by atoms with Crippen molar-refractivity contribution in [1.29, 1.82) is 0 Å². The molecule has 0 unspecified atom stereocenters. The van der Waals surface area contributed by atoms with Crippen molar-refractivity contribution in [2.24, 2.45) is 0 Å². The molecule has 0 amide bonds. The van der Waals surface area contributed by atoms with Crippen LogP contribution in [-0.2, 0) is 0 Å². The van der Waals surface area contributed by atoms with E-state index in [1.807, 2.05) is 0 Å². The van der Waals surface area contributed by atoms with Crippen LogP contribution < -0.4 is 5.58 Å². The zero-order chi connectivity index (χ0) is 6.48. The van der Waals surface area contributed by atoms with Crippen LogP contribution in [0.15, 0.2) is 24.8 Å². The van der Waals surface area contributed by atoms with E-state index in [0.717, 1.165) is 0 Å². The molecule has 0 saturated carbocycles. The van der Waals surface area contributed by atoms with Gasteiger partial charge in [-0.25, -0.2) is 0 Å². The molecule has 2 bridgehead atoms. The molecule has 0 saturated heterocycles. The SMILES string of the molecule is [CH3][Sn]1([CH3])[n+]2ccc[n+]1c2. The number of aromatic nitrogens is 2. The quantitative estimate of drug-likeness (QED) is 0.538. The van der Waals surface area contributed by atoms with Crippen LogP contribution in [0.3, 0.4) is 0 Å². The molecule has 1 aromatic heterocycles. The Bertz CT molecular complexity index is 228. The van der Waals surface area contributed by atoms with E-state index >= 15 is 0 Å². The van der Waals surface area contributed by atoms with Gasteiger partial charge >= 0.3 is 59.2 Å². The van der Waals surface area contributed by atoms with Gasteiger partial charge in [-0.05, 0) is 0 Å². The summed E-state index contributed by atoms with van der Waals surface area (Å²) in [6.45, 7) is 0. The molecule has 3 heteroatoms. The Labute approximate surface area is 59.3 Å². The van der Waals surface area contributed by atoms with Gasteiger partial charge in [-0.2, -0.15) is 0 Å². The van der Waals surface area contributed by atoms with Gasteiger partial charge in [0, 0.05) is 0 Å². The summed E-state index contributed by atoms with van der Waals surface area (Å²) in [5.41, 5.74) is 0. The molecular formula is C6H10N2Sn+2. The van der Waals surface area contributed by atoms with Crippen molar-refractivity contribution in [1.82, 2.24) is 0 Å². The van der Waals surface area contributed by atoms with E-state index in [4.69, 9.17) is 0 Å². The van der Waals surface area contributed by atoms with Gasteiger partial charge in [0.05, 0.1) is 0 Å². The van der Waals surface area contributed by atoms with Crippen LogP contribution in [0.25, 0.3) is 0 Å². The second-order valence-electron chi connectivity index (χ2n) is 2.92. The molecule has 2 aliphatic heterocycles. The first kappa shape index (κ1) is 5.65. The maximum atomic E-state index is 2.40. The molecule has 2 aliphatic rings. The zero-order valence-electron chi connectivity index (χ0n) is 5.70. The average Bonchev–Trinajstić information content (AvgIpc) is 1.89. The van der Waals surface area contributed by atoms with Gasteiger partial charge in [-0.3, -0.25) is 0 Å². The molecule has 0 atom stereocenters. The van der Waals surface area contributed by atoms with E-state index in [2.05, 4.69) is 40.2 Å².